The van der Waals surface area contributed by atoms with Gasteiger partial charge in [-0.25, -0.2) is 4.68 Å². The molecule has 6 nitrogen and oxygen atoms in total. The lowest BCUT2D eigenvalue weighted by Crippen LogP contribution is -2.40. The van der Waals surface area contributed by atoms with Crippen molar-refractivity contribution in [3.8, 4) is 16.8 Å². The first-order valence-electron chi connectivity index (χ1n) is 13.9. The summed E-state index contributed by atoms with van der Waals surface area (Å²) in [6, 6.07) is 25.6. The van der Waals surface area contributed by atoms with Gasteiger partial charge in [0.25, 0.3) is 5.91 Å². The van der Waals surface area contributed by atoms with Gasteiger partial charge in [0.05, 0.1) is 11.4 Å². The molecule has 2 amide bonds. The van der Waals surface area contributed by atoms with E-state index in [1.807, 2.05) is 86.6 Å². The summed E-state index contributed by atoms with van der Waals surface area (Å²) in [7, 11) is 0. The molecule has 0 bridgehead atoms. The lowest BCUT2D eigenvalue weighted by atomic mass is 9.92. The molecule has 208 valence electrons. The third kappa shape index (κ3) is 6.68. The van der Waals surface area contributed by atoms with Crippen LogP contribution in [0.2, 0.25) is 0 Å². The molecule has 0 saturated heterocycles. The highest BCUT2D eigenvalue weighted by molar-refractivity contribution is 5.99. The third-order valence-corrected chi connectivity index (χ3v) is 7.00. The van der Waals surface area contributed by atoms with Gasteiger partial charge >= 0.3 is 0 Å². The van der Waals surface area contributed by atoms with Crippen LogP contribution in [0.5, 0.6) is 0 Å². The van der Waals surface area contributed by atoms with Crippen LogP contribution in [0.25, 0.3) is 16.8 Å². The zero-order valence-electron chi connectivity index (χ0n) is 24.7. The number of hydrogen-bond acceptors (Lipinski definition) is 3. The highest BCUT2D eigenvalue weighted by Gasteiger charge is 2.24. The van der Waals surface area contributed by atoms with Crippen LogP contribution < -0.4 is 5.32 Å². The molecular weight excluding hydrogens is 496 g/mol. The molecule has 6 heteroatoms. The number of hydrogen-bond donors (Lipinski definition) is 1. The number of rotatable bonds is 8. The maximum atomic E-state index is 13.6. The molecule has 0 radical (unpaired) electrons. The number of nitrogens with zero attached hydrogens (tertiary/aromatic N) is 3. The second-order valence-electron chi connectivity index (χ2n) is 11.9. The second-order valence-corrected chi connectivity index (χ2v) is 11.9. The Bertz CT molecular complexity index is 1480. The number of aryl methyl sites for hydroxylation is 1. The molecule has 0 atom stereocenters. The summed E-state index contributed by atoms with van der Waals surface area (Å²) < 4.78 is 1.80. The van der Waals surface area contributed by atoms with E-state index < -0.39 is 0 Å². The smallest absolute Gasteiger partial charge is 0.254 e. The topological polar surface area (TPSA) is 67.2 Å². The molecule has 1 N–H and O–H groups in total. The average molecular weight is 537 g/mol. The van der Waals surface area contributed by atoms with Gasteiger partial charge in [-0.3, -0.25) is 9.59 Å². The largest absolute Gasteiger partial charge is 0.329 e. The molecular formula is C34H40N4O2. The Kier molecular flexibility index (Phi) is 8.58. The van der Waals surface area contributed by atoms with Crippen LogP contribution in [-0.4, -0.2) is 39.6 Å². The van der Waals surface area contributed by atoms with E-state index in [1.165, 1.54) is 0 Å². The van der Waals surface area contributed by atoms with Crippen molar-refractivity contribution in [1.29, 1.82) is 0 Å². The van der Waals surface area contributed by atoms with Gasteiger partial charge in [-0.05, 0) is 60.2 Å². The Morgan fingerprint density at radius 3 is 2.17 bits per heavy atom. The molecule has 4 aromatic rings. The second kappa shape index (κ2) is 11.9. The number of carbonyl (C=O) groups excluding carboxylic acids is 2. The predicted octanol–water partition coefficient (Wildman–Crippen LogP) is 7.19. The van der Waals surface area contributed by atoms with Crippen molar-refractivity contribution >= 4 is 17.6 Å². The fourth-order valence-electron chi connectivity index (χ4n) is 4.62. The van der Waals surface area contributed by atoms with Gasteiger partial charge in [0.2, 0.25) is 5.91 Å². The molecule has 0 saturated carbocycles. The number of anilines is 1. The average Bonchev–Trinajstić information content (AvgIpc) is 3.34. The molecule has 0 spiro atoms. The van der Waals surface area contributed by atoms with Crippen molar-refractivity contribution in [2.45, 2.75) is 53.9 Å². The van der Waals surface area contributed by atoms with Crippen molar-refractivity contribution in [2.24, 2.45) is 5.92 Å². The number of nitrogens with one attached hydrogen (secondary N) is 1. The van der Waals surface area contributed by atoms with Crippen LogP contribution in [0.3, 0.4) is 0 Å². The van der Waals surface area contributed by atoms with Crippen molar-refractivity contribution in [1.82, 2.24) is 14.7 Å². The van der Waals surface area contributed by atoms with E-state index in [2.05, 4.69) is 46.0 Å². The summed E-state index contributed by atoms with van der Waals surface area (Å²) in [5.74, 6) is 0.366. The molecule has 1 aromatic heterocycles. The van der Waals surface area contributed by atoms with Crippen molar-refractivity contribution in [3.05, 3.63) is 101 Å². The molecule has 4 rings (SSSR count). The Hall–Kier alpha value is -4.19. The minimum Gasteiger partial charge on any atom is -0.329 e. The number of benzene rings is 3. The van der Waals surface area contributed by atoms with Gasteiger partial charge in [-0.2, -0.15) is 5.10 Å². The maximum absolute atomic E-state index is 13.6. The monoisotopic (exact) mass is 536 g/mol. The van der Waals surface area contributed by atoms with Crippen molar-refractivity contribution in [3.63, 3.8) is 0 Å². The Morgan fingerprint density at radius 2 is 1.55 bits per heavy atom. The standard InChI is InChI=1S/C34H40N4O2/c1-23(2)21-37(33(40)28-18-16-27(17-19-28)26-13-9-8-10-14-26)22-32(39)35-31-20-30(34(5,6)7)36-38(31)29-15-11-12-24(3)25(29)4/h8-20,23H,21-22H2,1-7H3,(H,35,39). The molecule has 0 aliphatic heterocycles. The SMILES string of the molecule is Cc1cccc(-n2nc(C(C)(C)C)cc2NC(=O)CN(CC(C)C)C(=O)c2ccc(-c3ccccc3)cc2)c1C. The van der Waals surface area contributed by atoms with Crippen molar-refractivity contribution in [2.75, 3.05) is 18.4 Å². The normalized spacial score (nSPS) is 11.5. The molecule has 40 heavy (non-hydrogen) atoms. The molecule has 1 heterocycles. The minimum atomic E-state index is -0.262. The number of amides is 2. The van der Waals surface area contributed by atoms with Crippen LogP contribution in [0.15, 0.2) is 78.9 Å². The summed E-state index contributed by atoms with van der Waals surface area (Å²) in [5, 5.41) is 7.93. The van der Waals surface area contributed by atoms with Gasteiger partial charge in [0.1, 0.15) is 12.4 Å². The molecule has 0 aliphatic rings. The van der Waals surface area contributed by atoms with Gasteiger partial charge < -0.3 is 10.2 Å². The first-order valence-corrected chi connectivity index (χ1v) is 13.9. The van der Waals surface area contributed by atoms with E-state index in [9.17, 15) is 9.59 Å². The van der Waals surface area contributed by atoms with E-state index >= 15 is 0 Å². The van der Waals surface area contributed by atoms with Crippen molar-refractivity contribution < 1.29 is 9.59 Å². The quantitative estimate of drug-likeness (QED) is 0.259. The van der Waals surface area contributed by atoms with E-state index in [-0.39, 0.29) is 29.7 Å². The summed E-state index contributed by atoms with van der Waals surface area (Å²) in [4.78, 5) is 28.6. The van der Waals surface area contributed by atoms with Crippen LogP contribution in [0.4, 0.5) is 5.82 Å². The maximum Gasteiger partial charge on any atom is 0.254 e. The van der Waals surface area contributed by atoms with E-state index in [4.69, 9.17) is 5.10 Å². The van der Waals surface area contributed by atoms with Gasteiger partial charge in [-0.1, -0.05) is 89.2 Å². The summed E-state index contributed by atoms with van der Waals surface area (Å²) in [6.07, 6.45) is 0. The van der Waals surface area contributed by atoms with Crippen LogP contribution in [-0.2, 0) is 10.2 Å². The molecule has 0 unspecified atom stereocenters. The van der Waals surface area contributed by atoms with Gasteiger partial charge in [0.15, 0.2) is 0 Å². The third-order valence-electron chi connectivity index (χ3n) is 7.00. The van der Waals surface area contributed by atoms with E-state index in [0.29, 0.717) is 17.9 Å². The predicted molar refractivity (Wildman–Crippen MR) is 163 cm³/mol. The fraction of sp³-hybridized carbons (Fsp3) is 0.324. The highest BCUT2D eigenvalue weighted by atomic mass is 16.2. The lowest BCUT2D eigenvalue weighted by Gasteiger charge is -2.24. The fourth-order valence-corrected chi connectivity index (χ4v) is 4.62. The van der Waals surface area contributed by atoms with Gasteiger partial charge in [0, 0.05) is 23.6 Å². The Morgan fingerprint density at radius 1 is 0.900 bits per heavy atom. The Balaban J connectivity index is 1.58. The van der Waals surface area contributed by atoms with E-state index in [0.717, 1.165) is 33.6 Å². The Labute approximate surface area is 238 Å². The summed E-state index contributed by atoms with van der Waals surface area (Å²) >= 11 is 0. The summed E-state index contributed by atoms with van der Waals surface area (Å²) in [5.41, 5.74) is 6.52. The van der Waals surface area contributed by atoms with Crippen LogP contribution in [0.1, 0.15) is 61.8 Å². The number of aromatic nitrogens is 2. The highest BCUT2D eigenvalue weighted by Crippen LogP contribution is 2.28. The zero-order valence-corrected chi connectivity index (χ0v) is 24.7. The number of carbonyl (C=O) groups is 2. The first-order chi connectivity index (χ1) is 18.9. The summed E-state index contributed by atoms with van der Waals surface area (Å²) in [6.45, 7) is 14.9. The van der Waals surface area contributed by atoms with Crippen LogP contribution >= 0.6 is 0 Å². The molecule has 3 aromatic carbocycles. The molecule has 0 aliphatic carbocycles. The minimum absolute atomic E-state index is 0.0553. The lowest BCUT2D eigenvalue weighted by molar-refractivity contribution is -0.117. The van der Waals surface area contributed by atoms with Crippen LogP contribution in [0, 0.1) is 19.8 Å². The van der Waals surface area contributed by atoms with Gasteiger partial charge in [-0.15, -0.1) is 0 Å². The molecule has 0 fully saturated rings. The zero-order chi connectivity index (χ0) is 29.0. The first kappa shape index (κ1) is 28.8. The van der Waals surface area contributed by atoms with E-state index in [1.54, 1.807) is 9.58 Å².